The van der Waals surface area contributed by atoms with Gasteiger partial charge in [-0.2, -0.15) is 14.4 Å². The van der Waals surface area contributed by atoms with Crippen molar-refractivity contribution in [1.82, 2.24) is 19.4 Å². The van der Waals surface area contributed by atoms with E-state index in [0.717, 1.165) is 25.0 Å². The SMILES string of the molecule is C=CS(=O)(=O)c1ccc(N=Nc2cc(SOO[O-])c(N)cc2Nc2nc(Cl)nc([N+](CC)(CC)CC)n2)cc1.[Cl-].[Na+]. The Morgan fingerprint density at radius 1 is 1.12 bits per heavy atom. The molecule has 0 aliphatic heterocycles. The molecule has 0 bridgehead atoms. The van der Waals surface area contributed by atoms with Gasteiger partial charge in [0.2, 0.25) is 11.2 Å². The maximum absolute atomic E-state index is 12.0. The second-order valence-electron chi connectivity index (χ2n) is 7.98. The van der Waals surface area contributed by atoms with Crippen molar-refractivity contribution < 1.29 is 65.0 Å². The average Bonchev–Trinajstić information content (AvgIpc) is 2.93. The number of anilines is 3. The first-order chi connectivity index (χ1) is 18.6. The summed E-state index contributed by atoms with van der Waals surface area (Å²) in [6.07, 6.45) is 0. The number of hydrogen-bond donors (Lipinski definition) is 2. The van der Waals surface area contributed by atoms with Crippen molar-refractivity contribution in [3.8, 4) is 0 Å². The van der Waals surface area contributed by atoms with Gasteiger partial charge in [-0.1, -0.05) is 6.58 Å². The fourth-order valence-electron chi connectivity index (χ4n) is 3.62. The fourth-order valence-corrected chi connectivity index (χ4v) is 4.90. The molecule has 0 saturated heterocycles. The van der Waals surface area contributed by atoms with Crippen molar-refractivity contribution in [3.05, 3.63) is 53.7 Å². The van der Waals surface area contributed by atoms with E-state index in [4.69, 9.17) is 17.3 Å². The van der Waals surface area contributed by atoms with E-state index in [-0.39, 0.29) is 69.5 Å². The Kier molecular flexibility index (Phi) is 15.1. The van der Waals surface area contributed by atoms with E-state index in [2.05, 4.69) is 46.4 Å². The van der Waals surface area contributed by atoms with Gasteiger partial charge in [-0.05, 0) is 68.8 Å². The topological polar surface area (TPSA) is 177 Å². The van der Waals surface area contributed by atoms with Crippen LogP contribution in [0.15, 0.2) is 68.4 Å². The third kappa shape index (κ3) is 9.30. The van der Waals surface area contributed by atoms with Gasteiger partial charge >= 0.3 is 35.5 Å². The van der Waals surface area contributed by atoms with Crippen LogP contribution in [-0.2, 0) is 19.2 Å². The van der Waals surface area contributed by atoms with Gasteiger partial charge in [-0.3, -0.25) is 9.52 Å². The molecule has 0 saturated carbocycles. The van der Waals surface area contributed by atoms with E-state index in [1.165, 1.54) is 36.4 Å². The zero-order chi connectivity index (χ0) is 28.6. The Morgan fingerprint density at radius 3 is 2.32 bits per heavy atom. The molecule has 18 heteroatoms. The first kappa shape index (κ1) is 37.1. The van der Waals surface area contributed by atoms with Crippen molar-refractivity contribution in [3.63, 3.8) is 0 Å². The van der Waals surface area contributed by atoms with Crippen LogP contribution in [0.25, 0.3) is 0 Å². The number of halogens is 2. The largest absolute Gasteiger partial charge is 1.00 e. The Labute approximate surface area is 275 Å². The molecule has 0 atom stereocenters. The smallest absolute Gasteiger partial charge is 1.00 e. The van der Waals surface area contributed by atoms with Crippen molar-refractivity contribution in [2.45, 2.75) is 30.6 Å². The number of quaternary nitrogens is 1. The number of nitrogens with one attached hydrogen (secondary N) is 1. The van der Waals surface area contributed by atoms with Crippen LogP contribution in [0.2, 0.25) is 5.28 Å². The van der Waals surface area contributed by atoms with E-state index >= 15 is 0 Å². The van der Waals surface area contributed by atoms with E-state index in [0.29, 0.717) is 38.7 Å². The number of nitrogens with zero attached hydrogens (tertiary/aromatic N) is 6. The molecule has 0 spiro atoms. The molecule has 1 aromatic heterocycles. The van der Waals surface area contributed by atoms with Crippen LogP contribution in [0.5, 0.6) is 0 Å². The van der Waals surface area contributed by atoms with Gasteiger partial charge in [0.1, 0.15) is 5.69 Å². The molecule has 41 heavy (non-hydrogen) atoms. The molecule has 3 rings (SSSR count). The molecule has 0 aliphatic rings. The number of hydrogen-bond acceptors (Lipinski definition) is 13. The average molecular weight is 654 g/mol. The minimum absolute atomic E-state index is 0. The summed E-state index contributed by atoms with van der Waals surface area (Å²) >= 11 is 6.84. The van der Waals surface area contributed by atoms with Crippen LogP contribution < -0.4 is 62.8 Å². The van der Waals surface area contributed by atoms with Crippen LogP contribution in [0.3, 0.4) is 0 Å². The number of benzene rings is 2. The van der Waals surface area contributed by atoms with Crippen molar-refractivity contribution in [2.24, 2.45) is 10.2 Å². The minimum atomic E-state index is -3.58. The number of rotatable bonds is 13. The first-order valence-electron chi connectivity index (χ1n) is 11.6. The summed E-state index contributed by atoms with van der Waals surface area (Å²) in [5, 5.41) is 26.2. The molecule has 3 aromatic rings. The first-order valence-corrected chi connectivity index (χ1v) is 14.3. The van der Waals surface area contributed by atoms with E-state index in [1.54, 1.807) is 0 Å². The molecular formula is C23H27Cl2N8NaO5S2. The maximum atomic E-state index is 12.0. The summed E-state index contributed by atoms with van der Waals surface area (Å²) in [4.78, 5) is 13.5. The van der Waals surface area contributed by atoms with Gasteiger partial charge in [0.05, 0.1) is 52.8 Å². The third-order valence-electron chi connectivity index (χ3n) is 6.02. The Bertz CT molecular complexity index is 1450. The van der Waals surface area contributed by atoms with Crippen LogP contribution >= 0.6 is 23.6 Å². The van der Waals surface area contributed by atoms with E-state index < -0.39 is 9.84 Å². The second kappa shape index (κ2) is 16.7. The molecule has 0 aliphatic carbocycles. The summed E-state index contributed by atoms with van der Waals surface area (Å²) in [5.41, 5.74) is 7.38. The molecule has 1 heterocycles. The van der Waals surface area contributed by atoms with Crippen molar-refractivity contribution in [1.29, 1.82) is 0 Å². The quantitative estimate of drug-likeness (QED) is 0.0431. The fraction of sp³-hybridized carbons (Fsp3) is 0.261. The summed E-state index contributed by atoms with van der Waals surface area (Å²) in [6.45, 7) is 11.7. The maximum Gasteiger partial charge on any atom is 1.00 e. The molecule has 0 radical (unpaired) electrons. The van der Waals surface area contributed by atoms with Gasteiger partial charge in [0.15, 0.2) is 9.84 Å². The van der Waals surface area contributed by atoms with Crippen LogP contribution in [0.4, 0.5) is 34.6 Å². The third-order valence-corrected chi connectivity index (χ3v) is 8.21. The molecule has 2 aromatic carbocycles. The summed E-state index contributed by atoms with van der Waals surface area (Å²) in [6, 6.07) is 8.80. The zero-order valence-electron chi connectivity index (χ0n) is 22.7. The summed E-state index contributed by atoms with van der Waals surface area (Å²) < 4.78 is 28.8. The number of nitrogen functional groups attached to an aromatic ring is 1. The van der Waals surface area contributed by atoms with Gasteiger partial charge in [0, 0.05) is 11.1 Å². The number of azo groups is 1. The summed E-state index contributed by atoms with van der Waals surface area (Å²) in [5.74, 6) is 0.668. The van der Waals surface area contributed by atoms with Gasteiger partial charge < -0.3 is 28.7 Å². The van der Waals surface area contributed by atoms with E-state index in [9.17, 15) is 13.7 Å². The summed E-state index contributed by atoms with van der Waals surface area (Å²) in [7, 11) is -3.58. The van der Waals surface area contributed by atoms with Gasteiger partial charge in [-0.15, -0.1) is 15.1 Å². The minimum Gasteiger partial charge on any atom is -1.00 e. The number of nitrogens with two attached hydrogens (primary N) is 1. The molecule has 13 nitrogen and oxygen atoms in total. The predicted molar refractivity (Wildman–Crippen MR) is 148 cm³/mol. The molecular weight excluding hydrogens is 626 g/mol. The standard InChI is InChI=1S/C23H27ClN8O5S2.ClH.Na/c1-5-32(6-2,7-3)23-28-21(24)27-22(29-23)26-18-13-17(25)20(38-37-36-33)14-19(18)31-30-15-9-11-16(12-10-15)39(34,35)8-4;;/h8-14H,4-7,25H2,1-3H3,(H-,26,27,28,29,33);1H;/q;;+1/p-1. The Morgan fingerprint density at radius 2 is 1.76 bits per heavy atom. The Hall–Kier alpha value is -1.89. The van der Waals surface area contributed by atoms with Crippen LogP contribution in [0.1, 0.15) is 20.8 Å². The molecule has 0 amide bonds. The number of aromatic nitrogens is 3. The normalized spacial score (nSPS) is 11.5. The molecule has 216 valence electrons. The second-order valence-corrected chi connectivity index (χ2v) is 11.0. The molecule has 0 fully saturated rings. The monoisotopic (exact) mass is 652 g/mol. The van der Waals surface area contributed by atoms with Crippen molar-refractivity contribution >= 4 is 68.1 Å². The Balaban J connectivity index is 0.00000420. The zero-order valence-corrected chi connectivity index (χ0v) is 27.9. The van der Waals surface area contributed by atoms with Crippen LogP contribution in [0, 0.1) is 0 Å². The molecule has 3 N–H and O–H groups in total. The van der Waals surface area contributed by atoms with Gasteiger partial charge in [-0.25, -0.2) is 8.42 Å². The van der Waals surface area contributed by atoms with E-state index in [1.807, 2.05) is 20.8 Å². The van der Waals surface area contributed by atoms with Gasteiger partial charge in [0.25, 0.3) is 0 Å². The predicted octanol–water partition coefficient (Wildman–Crippen LogP) is -1.21. The molecule has 0 unspecified atom stereocenters. The number of sulfone groups is 1. The van der Waals surface area contributed by atoms with Crippen LogP contribution in [-0.4, -0.2) is 43.0 Å². The van der Waals surface area contributed by atoms with Crippen molar-refractivity contribution in [2.75, 3.05) is 30.7 Å².